The average Bonchev–Trinajstić information content (AvgIpc) is 2.77. The lowest BCUT2D eigenvalue weighted by molar-refractivity contribution is -0.121. The Morgan fingerprint density at radius 3 is 2.14 bits per heavy atom. The smallest absolute Gasteiger partial charge is 0.133 e. The molecule has 0 heterocycles. The van der Waals surface area contributed by atoms with Gasteiger partial charge in [-0.3, -0.25) is 10.1 Å². The molecule has 0 aromatic rings. The Labute approximate surface area is 219 Å². The van der Waals surface area contributed by atoms with Gasteiger partial charge in [0.05, 0.1) is 13.3 Å². The van der Waals surface area contributed by atoms with Crippen molar-refractivity contribution < 1.29 is 9.53 Å². The van der Waals surface area contributed by atoms with Crippen molar-refractivity contribution in [3.8, 4) is 0 Å². The van der Waals surface area contributed by atoms with E-state index in [1.54, 1.807) is 0 Å². The van der Waals surface area contributed by atoms with Crippen LogP contribution in [0.4, 0.5) is 0 Å². The molecule has 0 amide bonds. The van der Waals surface area contributed by atoms with Crippen LogP contribution in [0.15, 0.2) is 30.0 Å². The van der Waals surface area contributed by atoms with Gasteiger partial charge in [0.25, 0.3) is 0 Å². The molecule has 3 atom stereocenters. The van der Waals surface area contributed by atoms with E-state index in [9.17, 15) is 4.79 Å². The predicted octanol–water partition coefficient (Wildman–Crippen LogP) is 8.90. The largest absolute Gasteiger partial charge is 0.366 e. The van der Waals surface area contributed by atoms with E-state index in [0.717, 1.165) is 38.5 Å². The summed E-state index contributed by atoms with van der Waals surface area (Å²) in [4.78, 5) is 12.4. The van der Waals surface area contributed by atoms with Crippen molar-refractivity contribution in [3.05, 3.63) is 30.0 Å². The molecule has 0 aliphatic rings. The third-order valence-corrected chi connectivity index (χ3v) is 7.13. The molecule has 0 radical (unpaired) electrons. The van der Waals surface area contributed by atoms with Gasteiger partial charge in [-0.1, -0.05) is 99.8 Å². The van der Waals surface area contributed by atoms with Crippen LogP contribution in [0.5, 0.6) is 0 Å². The number of ketones is 1. The van der Waals surface area contributed by atoms with Crippen molar-refractivity contribution in [2.75, 3.05) is 13.3 Å². The average molecular weight is 490 g/mol. The zero-order valence-electron chi connectivity index (χ0n) is 24.7. The molecule has 1 N–H and O–H groups in total. The van der Waals surface area contributed by atoms with E-state index >= 15 is 0 Å². The highest BCUT2D eigenvalue weighted by Gasteiger charge is 2.23. The number of unbranched alkanes of at least 4 members (excludes halogenated alkanes) is 3. The van der Waals surface area contributed by atoms with Crippen LogP contribution < -0.4 is 5.32 Å². The number of hydrogen-bond acceptors (Lipinski definition) is 3. The minimum Gasteiger partial charge on any atom is -0.366 e. The molecule has 0 saturated heterocycles. The van der Waals surface area contributed by atoms with Crippen LogP contribution in [0.2, 0.25) is 0 Å². The molecule has 35 heavy (non-hydrogen) atoms. The minimum atomic E-state index is 0.246. The first-order valence-corrected chi connectivity index (χ1v) is 14.5. The number of carbonyl (C=O) groups is 1. The van der Waals surface area contributed by atoms with E-state index in [1.807, 2.05) is 0 Å². The van der Waals surface area contributed by atoms with Crippen LogP contribution in [0, 0.1) is 29.6 Å². The highest BCUT2D eigenvalue weighted by molar-refractivity contribution is 5.78. The van der Waals surface area contributed by atoms with Crippen LogP contribution >= 0.6 is 0 Å². The standard InChI is InChI=1S/C32H59NO2/c1-11-14-16-17-30(34)21-29(25(6)7)22-35-23-33-32(18-15-12-2)27(10)20-28(19-24(4)5)31(13-3)26(8)9/h24-26,28-29,32-33H,3,10-12,14-23H2,1-2,4-9H3/t28-,29-,32+/m1/s1. The fourth-order valence-corrected chi connectivity index (χ4v) is 4.85. The molecule has 0 aromatic carbocycles. The molecule has 0 aliphatic carbocycles. The summed E-state index contributed by atoms with van der Waals surface area (Å²) in [5, 5.41) is 3.64. The lowest BCUT2D eigenvalue weighted by atomic mass is 9.79. The Balaban J connectivity index is 4.99. The molecule has 204 valence electrons. The number of carbonyl (C=O) groups excluding carboxylic acids is 1. The van der Waals surface area contributed by atoms with Crippen LogP contribution in [0.3, 0.4) is 0 Å². The summed E-state index contributed by atoms with van der Waals surface area (Å²) in [6.45, 7) is 27.5. The van der Waals surface area contributed by atoms with E-state index in [2.05, 4.69) is 79.6 Å². The first-order chi connectivity index (χ1) is 16.6. The van der Waals surface area contributed by atoms with Gasteiger partial charge in [-0.2, -0.15) is 0 Å². The quantitative estimate of drug-likeness (QED) is 0.0714. The number of hydrogen-bond donors (Lipinski definition) is 1. The third kappa shape index (κ3) is 15.5. The molecule has 3 heteroatoms. The number of allylic oxidation sites excluding steroid dienone is 1. The molecule has 0 aliphatic heterocycles. The third-order valence-electron chi connectivity index (χ3n) is 7.13. The minimum absolute atomic E-state index is 0.246. The maximum Gasteiger partial charge on any atom is 0.133 e. The second-order valence-corrected chi connectivity index (χ2v) is 11.6. The van der Waals surface area contributed by atoms with Crippen LogP contribution in [0.1, 0.15) is 120 Å². The van der Waals surface area contributed by atoms with Crippen LogP contribution in [0.25, 0.3) is 0 Å². The maximum absolute atomic E-state index is 12.4. The SMILES string of the molecule is C=C=C(C(C)C)[C@@H](CC(=C)[C@H](CCCC)NCOC[C@@H](CC(=O)CCCCC)C(C)C)CC(C)C. The van der Waals surface area contributed by atoms with Crippen molar-refractivity contribution in [2.45, 2.75) is 126 Å². The topological polar surface area (TPSA) is 38.3 Å². The summed E-state index contributed by atoms with van der Waals surface area (Å²) >= 11 is 0. The van der Waals surface area contributed by atoms with Gasteiger partial charge in [0, 0.05) is 18.9 Å². The summed E-state index contributed by atoms with van der Waals surface area (Å²) in [5.41, 5.74) is 5.84. The summed E-state index contributed by atoms with van der Waals surface area (Å²) in [6.07, 6.45) is 10.2. The molecule has 0 spiro atoms. The summed E-state index contributed by atoms with van der Waals surface area (Å²) in [5.74, 6) is 2.62. The maximum atomic E-state index is 12.4. The Hall–Kier alpha value is -1.15. The molecule has 0 unspecified atom stereocenters. The molecule has 0 aromatic heterocycles. The Bertz CT molecular complexity index is 627. The van der Waals surface area contributed by atoms with E-state index in [1.165, 1.54) is 24.0 Å². The van der Waals surface area contributed by atoms with E-state index < -0.39 is 0 Å². The zero-order valence-corrected chi connectivity index (χ0v) is 24.7. The molecule has 0 saturated carbocycles. The van der Waals surface area contributed by atoms with Crippen LogP contribution in [-0.2, 0) is 9.53 Å². The molecular weight excluding hydrogens is 430 g/mol. The van der Waals surface area contributed by atoms with Crippen molar-refractivity contribution in [1.29, 1.82) is 0 Å². The van der Waals surface area contributed by atoms with E-state index in [0.29, 0.717) is 55.6 Å². The summed E-state index contributed by atoms with van der Waals surface area (Å²) < 4.78 is 6.09. The normalized spacial score (nSPS) is 14.3. The van der Waals surface area contributed by atoms with Crippen molar-refractivity contribution in [3.63, 3.8) is 0 Å². The number of Topliss-reactive ketones (excluding diaryl/α,β-unsaturated/α-hetero) is 1. The monoisotopic (exact) mass is 489 g/mol. The van der Waals surface area contributed by atoms with Gasteiger partial charge in [0.2, 0.25) is 0 Å². The Kier molecular flexibility index (Phi) is 19.3. The first kappa shape index (κ1) is 33.8. The lowest BCUT2D eigenvalue weighted by Crippen LogP contribution is -2.34. The number of rotatable bonds is 22. The molecule has 0 bridgehead atoms. The molecule has 3 nitrogen and oxygen atoms in total. The second kappa shape index (κ2) is 20.0. The van der Waals surface area contributed by atoms with Crippen LogP contribution in [-0.4, -0.2) is 25.2 Å². The lowest BCUT2D eigenvalue weighted by Gasteiger charge is -2.28. The van der Waals surface area contributed by atoms with E-state index in [4.69, 9.17) is 4.74 Å². The molecule has 0 fully saturated rings. The second-order valence-electron chi connectivity index (χ2n) is 11.6. The van der Waals surface area contributed by atoms with Gasteiger partial charge in [0.1, 0.15) is 5.78 Å². The van der Waals surface area contributed by atoms with Gasteiger partial charge in [-0.15, -0.1) is 5.73 Å². The Morgan fingerprint density at radius 1 is 0.971 bits per heavy atom. The zero-order chi connectivity index (χ0) is 26.8. The first-order valence-electron chi connectivity index (χ1n) is 14.5. The van der Waals surface area contributed by atoms with Gasteiger partial charge < -0.3 is 4.74 Å². The summed E-state index contributed by atoms with van der Waals surface area (Å²) in [6, 6.07) is 0.246. The van der Waals surface area contributed by atoms with Gasteiger partial charge in [-0.25, -0.2) is 0 Å². The predicted molar refractivity (Wildman–Crippen MR) is 154 cm³/mol. The number of ether oxygens (including phenoxy) is 1. The van der Waals surface area contributed by atoms with Gasteiger partial charge >= 0.3 is 0 Å². The number of nitrogens with one attached hydrogen (secondary N) is 1. The van der Waals surface area contributed by atoms with Crippen molar-refractivity contribution >= 4 is 5.78 Å². The highest BCUT2D eigenvalue weighted by atomic mass is 16.5. The van der Waals surface area contributed by atoms with Gasteiger partial charge in [0.15, 0.2) is 0 Å². The Morgan fingerprint density at radius 2 is 1.63 bits per heavy atom. The highest BCUT2D eigenvalue weighted by Crippen LogP contribution is 2.32. The molecule has 0 rings (SSSR count). The fourth-order valence-electron chi connectivity index (χ4n) is 4.85. The van der Waals surface area contributed by atoms with E-state index in [-0.39, 0.29) is 12.0 Å². The molecular formula is C32H59NO2. The van der Waals surface area contributed by atoms with Crippen molar-refractivity contribution in [1.82, 2.24) is 5.32 Å². The van der Waals surface area contributed by atoms with Gasteiger partial charge in [-0.05, 0) is 60.8 Å². The summed E-state index contributed by atoms with van der Waals surface area (Å²) in [7, 11) is 0. The fraction of sp³-hybridized carbons (Fsp3) is 0.812. The van der Waals surface area contributed by atoms with Crippen molar-refractivity contribution in [2.24, 2.45) is 29.6 Å².